The van der Waals surface area contributed by atoms with Crippen LogP contribution in [-0.4, -0.2) is 12.1 Å². The van der Waals surface area contributed by atoms with Gasteiger partial charge in [-0.05, 0) is 49.9 Å². The lowest BCUT2D eigenvalue weighted by Gasteiger charge is -2.13. The van der Waals surface area contributed by atoms with Crippen LogP contribution in [0.3, 0.4) is 0 Å². The van der Waals surface area contributed by atoms with Crippen molar-refractivity contribution in [1.82, 2.24) is 0 Å². The predicted octanol–water partition coefficient (Wildman–Crippen LogP) is 2.83. The molecule has 0 bridgehead atoms. The van der Waals surface area contributed by atoms with Crippen LogP contribution in [-0.2, 0) is 0 Å². The predicted molar refractivity (Wildman–Crippen MR) is 62.6 cm³/mol. The number of nitrogens with two attached hydrogens (primary N) is 1. The second kappa shape index (κ2) is 3.69. The summed E-state index contributed by atoms with van der Waals surface area (Å²) in [7, 11) is 0. The molecular weight excluding hydrogens is 210 g/mol. The van der Waals surface area contributed by atoms with Gasteiger partial charge < -0.3 is 10.5 Å². The molecule has 0 aliphatic heterocycles. The summed E-state index contributed by atoms with van der Waals surface area (Å²) in [6.07, 6.45) is 2.10. The molecule has 0 atom stereocenters. The van der Waals surface area contributed by atoms with Gasteiger partial charge in [0.05, 0.1) is 10.6 Å². The smallest absolute Gasteiger partial charge is 0.138 e. The maximum atomic E-state index is 6.08. The molecule has 1 saturated carbocycles. The summed E-state index contributed by atoms with van der Waals surface area (Å²) in [5.41, 5.74) is 8.22. The van der Waals surface area contributed by atoms with Gasteiger partial charge in [-0.25, -0.2) is 0 Å². The Morgan fingerprint density at radius 1 is 1.33 bits per heavy atom. The molecule has 2 N–H and O–H groups in total. The lowest BCUT2D eigenvalue weighted by Crippen LogP contribution is -2.29. The van der Waals surface area contributed by atoms with Crippen molar-refractivity contribution in [3.8, 4) is 5.75 Å². The van der Waals surface area contributed by atoms with Crippen LogP contribution in [0.15, 0.2) is 12.1 Å². The average Bonchev–Trinajstić information content (AvgIpc) is 2.89. The molecule has 0 spiro atoms. The van der Waals surface area contributed by atoms with Crippen molar-refractivity contribution < 1.29 is 4.74 Å². The first-order chi connectivity index (χ1) is 7.00. The molecular formula is C12H16ClNO. The molecule has 82 valence electrons. The largest absolute Gasteiger partial charge is 0.490 e. The van der Waals surface area contributed by atoms with Gasteiger partial charge in [-0.15, -0.1) is 0 Å². The van der Waals surface area contributed by atoms with Crippen molar-refractivity contribution in [2.75, 3.05) is 6.61 Å². The second-order valence-electron chi connectivity index (χ2n) is 4.52. The number of benzene rings is 1. The van der Waals surface area contributed by atoms with E-state index < -0.39 is 0 Å². The molecule has 1 aromatic carbocycles. The molecule has 2 nitrogen and oxygen atoms in total. The maximum Gasteiger partial charge on any atom is 0.138 e. The highest BCUT2D eigenvalue weighted by Gasteiger charge is 2.39. The SMILES string of the molecule is Cc1cc(Cl)c(OCC2(N)CC2)cc1C. The molecule has 1 fully saturated rings. The summed E-state index contributed by atoms with van der Waals surface area (Å²) in [6.45, 7) is 4.65. The van der Waals surface area contributed by atoms with Gasteiger partial charge in [-0.2, -0.15) is 0 Å². The zero-order chi connectivity index (χ0) is 11.1. The number of rotatable bonds is 3. The molecule has 15 heavy (non-hydrogen) atoms. The summed E-state index contributed by atoms with van der Waals surface area (Å²) >= 11 is 6.08. The van der Waals surface area contributed by atoms with Crippen molar-refractivity contribution in [1.29, 1.82) is 0 Å². The van der Waals surface area contributed by atoms with Gasteiger partial charge in [0.15, 0.2) is 0 Å². The molecule has 0 aromatic heterocycles. The van der Waals surface area contributed by atoms with Crippen LogP contribution in [0, 0.1) is 13.8 Å². The van der Waals surface area contributed by atoms with Gasteiger partial charge in [0, 0.05) is 0 Å². The fourth-order valence-corrected chi connectivity index (χ4v) is 1.66. The van der Waals surface area contributed by atoms with Crippen molar-refractivity contribution in [2.24, 2.45) is 5.73 Å². The Morgan fingerprint density at radius 3 is 2.53 bits per heavy atom. The van der Waals surface area contributed by atoms with E-state index in [1.54, 1.807) is 0 Å². The number of hydrogen-bond acceptors (Lipinski definition) is 2. The summed E-state index contributed by atoms with van der Waals surface area (Å²) in [4.78, 5) is 0. The highest BCUT2D eigenvalue weighted by molar-refractivity contribution is 6.32. The van der Waals surface area contributed by atoms with Crippen LogP contribution < -0.4 is 10.5 Å². The third-order valence-corrected chi connectivity index (χ3v) is 3.25. The average molecular weight is 226 g/mol. The quantitative estimate of drug-likeness (QED) is 0.859. The molecule has 1 aliphatic carbocycles. The maximum absolute atomic E-state index is 6.08. The molecule has 2 rings (SSSR count). The van der Waals surface area contributed by atoms with E-state index >= 15 is 0 Å². The van der Waals surface area contributed by atoms with Crippen LogP contribution in [0.4, 0.5) is 0 Å². The minimum atomic E-state index is -0.0951. The highest BCUT2D eigenvalue weighted by atomic mass is 35.5. The van der Waals surface area contributed by atoms with Crippen molar-refractivity contribution in [2.45, 2.75) is 32.2 Å². The van der Waals surface area contributed by atoms with E-state index in [4.69, 9.17) is 22.1 Å². The third kappa shape index (κ3) is 2.44. The number of hydrogen-bond donors (Lipinski definition) is 1. The van der Waals surface area contributed by atoms with Crippen LogP contribution >= 0.6 is 11.6 Å². The molecule has 1 aliphatic rings. The van der Waals surface area contributed by atoms with Crippen LogP contribution in [0.1, 0.15) is 24.0 Å². The van der Waals surface area contributed by atoms with Crippen LogP contribution in [0.5, 0.6) is 5.75 Å². The van der Waals surface area contributed by atoms with E-state index in [9.17, 15) is 0 Å². The minimum Gasteiger partial charge on any atom is -0.490 e. The minimum absolute atomic E-state index is 0.0951. The first-order valence-electron chi connectivity index (χ1n) is 5.19. The van der Waals surface area contributed by atoms with Gasteiger partial charge in [0.25, 0.3) is 0 Å². The number of aryl methyl sites for hydroxylation is 2. The normalized spacial score (nSPS) is 17.6. The third-order valence-electron chi connectivity index (χ3n) is 2.96. The molecule has 3 heteroatoms. The molecule has 0 saturated heterocycles. The summed E-state index contributed by atoms with van der Waals surface area (Å²) in [5, 5.41) is 0.669. The fraction of sp³-hybridized carbons (Fsp3) is 0.500. The van der Waals surface area contributed by atoms with Crippen LogP contribution in [0.2, 0.25) is 5.02 Å². The number of halogens is 1. The lowest BCUT2D eigenvalue weighted by atomic mass is 10.1. The lowest BCUT2D eigenvalue weighted by molar-refractivity contribution is 0.279. The Labute approximate surface area is 95.4 Å². The Balaban J connectivity index is 2.10. The van der Waals surface area contributed by atoms with E-state index in [0.717, 1.165) is 18.6 Å². The second-order valence-corrected chi connectivity index (χ2v) is 4.93. The number of ether oxygens (including phenoxy) is 1. The van der Waals surface area contributed by atoms with Gasteiger partial charge in [0.2, 0.25) is 0 Å². The van der Waals surface area contributed by atoms with Gasteiger partial charge >= 0.3 is 0 Å². The molecule has 0 radical (unpaired) electrons. The summed E-state index contributed by atoms with van der Waals surface area (Å²) in [5.74, 6) is 0.747. The van der Waals surface area contributed by atoms with E-state index in [0.29, 0.717) is 11.6 Å². The molecule has 0 amide bonds. The van der Waals surface area contributed by atoms with E-state index in [2.05, 4.69) is 0 Å². The first kappa shape index (κ1) is 10.8. The highest BCUT2D eigenvalue weighted by Crippen LogP contribution is 2.34. The standard InChI is InChI=1S/C12H16ClNO/c1-8-5-10(13)11(6-9(8)2)15-7-12(14)3-4-12/h5-6H,3-4,7,14H2,1-2H3. The monoisotopic (exact) mass is 225 g/mol. The summed E-state index contributed by atoms with van der Waals surface area (Å²) < 4.78 is 5.64. The first-order valence-corrected chi connectivity index (χ1v) is 5.56. The van der Waals surface area contributed by atoms with Crippen molar-refractivity contribution in [3.63, 3.8) is 0 Å². The molecule has 0 unspecified atom stereocenters. The van der Waals surface area contributed by atoms with Gasteiger partial charge in [0.1, 0.15) is 12.4 Å². The Hall–Kier alpha value is -0.730. The zero-order valence-corrected chi connectivity index (χ0v) is 9.90. The zero-order valence-electron chi connectivity index (χ0n) is 9.14. The molecule has 1 aromatic rings. The van der Waals surface area contributed by atoms with Crippen molar-refractivity contribution in [3.05, 3.63) is 28.3 Å². The van der Waals surface area contributed by atoms with E-state index in [1.807, 2.05) is 26.0 Å². The van der Waals surface area contributed by atoms with Crippen LogP contribution in [0.25, 0.3) is 0 Å². The Bertz CT molecular complexity index is 385. The van der Waals surface area contributed by atoms with E-state index in [1.165, 1.54) is 11.1 Å². The van der Waals surface area contributed by atoms with Gasteiger partial charge in [-0.1, -0.05) is 11.6 Å². The van der Waals surface area contributed by atoms with Gasteiger partial charge in [-0.3, -0.25) is 0 Å². The molecule has 0 heterocycles. The topological polar surface area (TPSA) is 35.2 Å². The Kier molecular flexibility index (Phi) is 2.65. The Morgan fingerprint density at radius 2 is 1.93 bits per heavy atom. The summed E-state index contributed by atoms with van der Waals surface area (Å²) in [6, 6.07) is 3.91. The van der Waals surface area contributed by atoms with Crippen molar-refractivity contribution >= 4 is 11.6 Å². The van der Waals surface area contributed by atoms with E-state index in [-0.39, 0.29) is 5.54 Å². The fourth-order valence-electron chi connectivity index (χ4n) is 1.39.